The first-order valence-electron chi connectivity index (χ1n) is 7.73. The molecule has 0 aliphatic carbocycles. The minimum absolute atomic E-state index is 0.213. The van der Waals surface area contributed by atoms with Gasteiger partial charge in [0.15, 0.2) is 0 Å². The summed E-state index contributed by atoms with van der Waals surface area (Å²) in [6.45, 7) is 2.68. The van der Waals surface area contributed by atoms with Crippen LogP contribution in [0.15, 0.2) is 55.3 Å². The third kappa shape index (κ3) is 6.97. The highest BCUT2D eigenvalue weighted by atomic mass is 79.9. The molecule has 0 saturated heterocycles. The normalized spacial score (nSPS) is 11.6. The molecule has 132 valence electrons. The van der Waals surface area contributed by atoms with Gasteiger partial charge in [-0.1, -0.05) is 31.9 Å². The molecule has 2 aromatic rings. The molecule has 0 fully saturated rings. The minimum atomic E-state index is 0.213. The zero-order chi connectivity index (χ0) is 18.1. The largest absolute Gasteiger partial charge is 0.507 e. The van der Waals surface area contributed by atoms with Crippen LogP contribution in [0.4, 0.5) is 0 Å². The number of benzene rings is 2. The van der Waals surface area contributed by atoms with Gasteiger partial charge in [0.2, 0.25) is 0 Å². The summed E-state index contributed by atoms with van der Waals surface area (Å²) < 4.78 is 1.80. The van der Waals surface area contributed by atoms with E-state index < -0.39 is 0 Å². The van der Waals surface area contributed by atoms with Crippen LogP contribution in [-0.4, -0.2) is 48.8 Å². The molecule has 5 nitrogen and oxygen atoms in total. The summed E-state index contributed by atoms with van der Waals surface area (Å²) in [6.07, 6.45) is 3.33. The highest BCUT2D eigenvalue weighted by Crippen LogP contribution is 2.20. The summed E-state index contributed by atoms with van der Waals surface area (Å²) in [5, 5.41) is 22.6. The van der Waals surface area contributed by atoms with Crippen molar-refractivity contribution in [3.63, 3.8) is 0 Å². The molecule has 2 rings (SSSR count). The molecular weight excluding hydrogens is 450 g/mol. The Hall–Kier alpha value is -1.70. The Bertz CT molecular complexity index is 700. The van der Waals surface area contributed by atoms with E-state index in [0.717, 1.165) is 22.0 Å². The number of phenols is 2. The van der Waals surface area contributed by atoms with Crippen molar-refractivity contribution in [3.05, 3.63) is 56.5 Å². The van der Waals surface area contributed by atoms with Crippen LogP contribution in [0.1, 0.15) is 11.1 Å². The lowest BCUT2D eigenvalue weighted by Gasteiger charge is -2.01. The highest BCUT2D eigenvalue weighted by molar-refractivity contribution is 9.10. The van der Waals surface area contributed by atoms with Crippen molar-refractivity contribution < 1.29 is 10.2 Å². The molecular formula is C18H19Br2N3O2. The molecule has 0 spiro atoms. The van der Waals surface area contributed by atoms with Gasteiger partial charge in [-0.25, -0.2) is 0 Å². The molecule has 7 heteroatoms. The van der Waals surface area contributed by atoms with Crippen LogP contribution < -0.4 is 5.32 Å². The van der Waals surface area contributed by atoms with E-state index in [1.807, 2.05) is 12.1 Å². The molecule has 25 heavy (non-hydrogen) atoms. The number of phenolic OH excluding ortho intramolecular Hbond substituents is 2. The van der Waals surface area contributed by atoms with E-state index in [1.54, 1.807) is 36.7 Å². The molecule has 3 N–H and O–H groups in total. The van der Waals surface area contributed by atoms with Crippen LogP contribution in [0, 0.1) is 0 Å². The molecule has 0 radical (unpaired) electrons. The van der Waals surface area contributed by atoms with Crippen molar-refractivity contribution in [1.29, 1.82) is 0 Å². The monoisotopic (exact) mass is 467 g/mol. The van der Waals surface area contributed by atoms with Gasteiger partial charge in [0.1, 0.15) is 11.5 Å². The molecule has 0 atom stereocenters. The summed E-state index contributed by atoms with van der Waals surface area (Å²) >= 11 is 6.73. The Morgan fingerprint density at radius 3 is 1.68 bits per heavy atom. The predicted octanol–water partition coefficient (Wildman–Crippen LogP) is 3.75. The number of hydrogen-bond donors (Lipinski definition) is 3. The lowest BCUT2D eigenvalue weighted by molar-refractivity contribution is 0.474. The number of hydrogen-bond acceptors (Lipinski definition) is 5. The van der Waals surface area contributed by atoms with Gasteiger partial charge >= 0.3 is 0 Å². The van der Waals surface area contributed by atoms with Crippen molar-refractivity contribution in [2.75, 3.05) is 26.2 Å². The van der Waals surface area contributed by atoms with Gasteiger partial charge in [0, 0.05) is 45.6 Å². The third-order valence-electron chi connectivity index (χ3n) is 3.28. The fourth-order valence-corrected chi connectivity index (χ4v) is 2.75. The third-order valence-corrected chi connectivity index (χ3v) is 4.26. The first kappa shape index (κ1) is 19.6. The Labute approximate surface area is 163 Å². The van der Waals surface area contributed by atoms with Crippen LogP contribution in [0.5, 0.6) is 11.5 Å². The van der Waals surface area contributed by atoms with Gasteiger partial charge in [-0.15, -0.1) is 0 Å². The zero-order valence-electron chi connectivity index (χ0n) is 13.5. The van der Waals surface area contributed by atoms with Gasteiger partial charge in [-0.2, -0.15) is 0 Å². The zero-order valence-corrected chi connectivity index (χ0v) is 16.7. The average Bonchev–Trinajstić information content (AvgIpc) is 2.59. The molecule has 0 heterocycles. The second kappa shape index (κ2) is 10.3. The first-order valence-corrected chi connectivity index (χ1v) is 9.32. The van der Waals surface area contributed by atoms with Crippen LogP contribution in [0.25, 0.3) is 0 Å². The molecule has 0 aromatic heterocycles. The lowest BCUT2D eigenvalue weighted by Crippen LogP contribution is -2.20. The van der Waals surface area contributed by atoms with E-state index in [9.17, 15) is 10.2 Å². The number of rotatable bonds is 8. The van der Waals surface area contributed by atoms with Crippen molar-refractivity contribution >= 4 is 44.3 Å². The summed E-state index contributed by atoms with van der Waals surface area (Å²) in [4.78, 5) is 8.57. The Morgan fingerprint density at radius 2 is 1.24 bits per heavy atom. The minimum Gasteiger partial charge on any atom is -0.507 e. The topological polar surface area (TPSA) is 77.2 Å². The predicted molar refractivity (Wildman–Crippen MR) is 109 cm³/mol. The maximum atomic E-state index is 9.70. The Balaban J connectivity index is 1.65. The molecule has 0 unspecified atom stereocenters. The fourth-order valence-electron chi connectivity index (χ4n) is 2.00. The van der Waals surface area contributed by atoms with Crippen molar-refractivity contribution in [1.82, 2.24) is 5.32 Å². The summed E-state index contributed by atoms with van der Waals surface area (Å²) in [5.74, 6) is 0.426. The van der Waals surface area contributed by atoms with E-state index in [0.29, 0.717) is 24.2 Å². The maximum absolute atomic E-state index is 9.70. The van der Waals surface area contributed by atoms with Gasteiger partial charge < -0.3 is 15.5 Å². The maximum Gasteiger partial charge on any atom is 0.124 e. The quantitative estimate of drug-likeness (QED) is 0.407. The number of nitrogens with one attached hydrogen (secondary N) is 1. The highest BCUT2D eigenvalue weighted by Gasteiger charge is 1.99. The van der Waals surface area contributed by atoms with Gasteiger partial charge in [0.25, 0.3) is 0 Å². The first-order chi connectivity index (χ1) is 12.1. The Morgan fingerprint density at radius 1 is 0.800 bits per heavy atom. The van der Waals surface area contributed by atoms with E-state index >= 15 is 0 Å². The molecule has 0 saturated carbocycles. The van der Waals surface area contributed by atoms with Crippen molar-refractivity contribution in [3.8, 4) is 11.5 Å². The van der Waals surface area contributed by atoms with E-state index in [2.05, 4.69) is 47.2 Å². The number of halogens is 2. The van der Waals surface area contributed by atoms with Crippen LogP contribution in [0.3, 0.4) is 0 Å². The van der Waals surface area contributed by atoms with Gasteiger partial charge in [0.05, 0.1) is 13.1 Å². The molecule has 0 bridgehead atoms. The lowest BCUT2D eigenvalue weighted by atomic mass is 10.2. The average molecular weight is 469 g/mol. The SMILES string of the molecule is Oc1ccc(Br)cc1C=NCCNCCN=Cc1cc(Br)ccc1O. The molecule has 0 amide bonds. The van der Waals surface area contributed by atoms with Crippen LogP contribution >= 0.6 is 31.9 Å². The van der Waals surface area contributed by atoms with Crippen molar-refractivity contribution in [2.24, 2.45) is 9.98 Å². The van der Waals surface area contributed by atoms with Gasteiger partial charge in [-0.05, 0) is 36.4 Å². The molecule has 0 aliphatic rings. The number of aliphatic imine (C=N–C) groups is 2. The van der Waals surface area contributed by atoms with E-state index in [1.165, 1.54) is 0 Å². The van der Waals surface area contributed by atoms with Crippen LogP contribution in [0.2, 0.25) is 0 Å². The Kier molecular flexibility index (Phi) is 8.11. The van der Waals surface area contributed by atoms with Gasteiger partial charge in [-0.3, -0.25) is 9.98 Å². The molecule has 2 aromatic carbocycles. The smallest absolute Gasteiger partial charge is 0.124 e. The summed E-state index contributed by atoms with van der Waals surface area (Å²) in [7, 11) is 0. The van der Waals surface area contributed by atoms with E-state index in [4.69, 9.17) is 0 Å². The van der Waals surface area contributed by atoms with Crippen LogP contribution in [-0.2, 0) is 0 Å². The second-order valence-corrected chi connectivity index (χ2v) is 7.06. The molecule has 0 aliphatic heterocycles. The van der Waals surface area contributed by atoms with Crippen molar-refractivity contribution in [2.45, 2.75) is 0 Å². The fraction of sp³-hybridized carbons (Fsp3) is 0.222. The number of nitrogens with zero attached hydrogens (tertiary/aromatic N) is 2. The standard InChI is InChI=1S/C18H19Br2N3O2/c19-15-1-3-17(24)13(9-15)11-22-7-5-21-6-8-23-12-14-10-16(20)2-4-18(14)25/h1-4,9-12,21,24-25H,5-8H2. The summed E-state index contributed by atoms with van der Waals surface area (Å²) in [5.41, 5.74) is 1.38. The number of aromatic hydroxyl groups is 2. The van der Waals surface area contributed by atoms with E-state index in [-0.39, 0.29) is 11.5 Å². The second-order valence-electron chi connectivity index (χ2n) is 5.23. The summed E-state index contributed by atoms with van der Waals surface area (Å²) in [6, 6.07) is 10.5.